The first kappa shape index (κ1) is 18.4. The van der Waals surface area contributed by atoms with Gasteiger partial charge in [0.2, 0.25) is 0 Å². The lowest BCUT2D eigenvalue weighted by molar-refractivity contribution is -0.142. The van der Waals surface area contributed by atoms with E-state index in [0.29, 0.717) is 38.8 Å². The minimum atomic E-state index is -0.740. The molecule has 1 unspecified atom stereocenters. The van der Waals surface area contributed by atoms with E-state index >= 15 is 0 Å². The number of aliphatic carboxylic acids is 1. The van der Waals surface area contributed by atoms with Gasteiger partial charge in [0.05, 0.1) is 5.92 Å². The summed E-state index contributed by atoms with van der Waals surface area (Å²) >= 11 is 0. The van der Waals surface area contributed by atoms with E-state index in [1.807, 2.05) is 0 Å². The van der Waals surface area contributed by atoms with Crippen molar-refractivity contribution in [3.8, 4) is 0 Å². The van der Waals surface area contributed by atoms with Crippen LogP contribution >= 0.6 is 0 Å². The molecule has 0 aromatic rings. The number of nitrogens with one attached hydrogen (secondary N) is 2. The van der Waals surface area contributed by atoms with Crippen molar-refractivity contribution in [1.82, 2.24) is 20.4 Å². The number of hydrogen-bond acceptors (Lipinski definition) is 3. The molecule has 1 aliphatic heterocycles. The Kier molecular flexibility index (Phi) is 6.28. The first-order valence-electron chi connectivity index (χ1n) is 8.63. The molecular weight excluding hydrogens is 312 g/mol. The van der Waals surface area contributed by atoms with Gasteiger partial charge in [-0.3, -0.25) is 4.79 Å². The summed E-state index contributed by atoms with van der Waals surface area (Å²) in [6.07, 6.45) is 4.36. The zero-order valence-electron chi connectivity index (χ0n) is 14.5. The summed E-state index contributed by atoms with van der Waals surface area (Å²) in [5.74, 6) is -1.02. The monoisotopic (exact) mass is 340 g/mol. The molecule has 24 heavy (non-hydrogen) atoms. The summed E-state index contributed by atoms with van der Waals surface area (Å²) in [4.78, 5) is 38.4. The number of piperidine rings is 1. The van der Waals surface area contributed by atoms with Crippen molar-refractivity contribution < 1.29 is 19.5 Å². The predicted octanol–water partition coefficient (Wildman–Crippen LogP) is 1.08. The van der Waals surface area contributed by atoms with Crippen molar-refractivity contribution in [3.63, 3.8) is 0 Å². The van der Waals surface area contributed by atoms with Crippen molar-refractivity contribution in [1.29, 1.82) is 0 Å². The SMILES string of the molecule is CN(C)C(=O)NC1CCCN(C(=O)NC2CCC(C(=O)O)CC2)C1. The number of carboxylic acid groups (broad SMARTS) is 1. The molecule has 2 rings (SSSR count). The molecule has 136 valence electrons. The van der Waals surface area contributed by atoms with E-state index in [9.17, 15) is 14.4 Å². The molecule has 1 saturated heterocycles. The van der Waals surface area contributed by atoms with Crippen LogP contribution in [0, 0.1) is 5.92 Å². The van der Waals surface area contributed by atoms with Crippen molar-refractivity contribution in [2.45, 2.75) is 50.6 Å². The molecule has 1 heterocycles. The molecule has 0 spiro atoms. The van der Waals surface area contributed by atoms with Gasteiger partial charge in [-0.2, -0.15) is 0 Å². The molecular formula is C16H28N4O4. The maximum Gasteiger partial charge on any atom is 0.317 e. The second kappa shape index (κ2) is 8.21. The standard InChI is InChI=1S/C16H28N4O4/c1-19(2)15(23)18-13-4-3-9-20(10-13)16(24)17-12-7-5-11(6-8-12)14(21)22/h11-13H,3-10H2,1-2H3,(H,17,24)(H,18,23)(H,21,22). The third-order valence-corrected chi connectivity index (χ3v) is 4.85. The Hall–Kier alpha value is -1.99. The highest BCUT2D eigenvalue weighted by atomic mass is 16.4. The normalized spacial score (nSPS) is 27.2. The van der Waals surface area contributed by atoms with Gasteiger partial charge in [-0.1, -0.05) is 0 Å². The summed E-state index contributed by atoms with van der Waals surface area (Å²) in [6, 6.07) is -0.237. The van der Waals surface area contributed by atoms with Crippen LogP contribution < -0.4 is 10.6 Å². The maximum atomic E-state index is 12.4. The predicted molar refractivity (Wildman–Crippen MR) is 88.7 cm³/mol. The van der Waals surface area contributed by atoms with E-state index in [4.69, 9.17) is 5.11 Å². The average Bonchev–Trinajstić information content (AvgIpc) is 2.55. The summed E-state index contributed by atoms with van der Waals surface area (Å²) in [5, 5.41) is 15.0. The minimum absolute atomic E-state index is 0.0258. The molecule has 2 fully saturated rings. The second-order valence-corrected chi connectivity index (χ2v) is 6.97. The zero-order chi connectivity index (χ0) is 17.7. The number of carbonyl (C=O) groups is 3. The Labute approximate surface area is 142 Å². The number of likely N-dealkylation sites (tertiary alicyclic amines) is 1. The highest BCUT2D eigenvalue weighted by molar-refractivity contribution is 5.76. The zero-order valence-corrected chi connectivity index (χ0v) is 14.5. The largest absolute Gasteiger partial charge is 0.481 e. The summed E-state index contributed by atoms with van der Waals surface area (Å²) in [7, 11) is 3.38. The first-order chi connectivity index (χ1) is 11.4. The minimum Gasteiger partial charge on any atom is -0.481 e. The van der Waals surface area contributed by atoms with Crippen molar-refractivity contribution in [2.75, 3.05) is 27.2 Å². The van der Waals surface area contributed by atoms with Gasteiger partial charge in [-0.25, -0.2) is 9.59 Å². The molecule has 8 nitrogen and oxygen atoms in total. The van der Waals surface area contributed by atoms with E-state index in [1.54, 1.807) is 19.0 Å². The van der Waals surface area contributed by atoms with Gasteiger partial charge >= 0.3 is 18.0 Å². The van der Waals surface area contributed by atoms with Crippen LogP contribution in [0.15, 0.2) is 0 Å². The molecule has 3 N–H and O–H groups in total. The van der Waals surface area contributed by atoms with E-state index in [2.05, 4.69) is 10.6 Å². The van der Waals surface area contributed by atoms with Crippen molar-refractivity contribution >= 4 is 18.0 Å². The Balaban J connectivity index is 1.78. The lowest BCUT2D eigenvalue weighted by atomic mass is 9.86. The third kappa shape index (κ3) is 5.01. The van der Waals surface area contributed by atoms with Crippen LogP contribution in [0.2, 0.25) is 0 Å². The van der Waals surface area contributed by atoms with E-state index < -0.39 is 5.97 Å². The first-order valence-corrected chi connectivity index (χ1v) is 8.63. The van der Waals surface area contributed by atoms with Crippen molar-refractivity contribution in [3.05, 3.63) is 0 Å². The number of carboxylic acids is 1. The van der Waals surface area contributed by atoms with Gasteiger partial charge in [-0.15, -0.1) is 0 Å². The maximum absolute atomic E-state index is 12.4. The van der Waals surface area contributed by atoms with Crippen LogP contribution in [-0.2, 0) is 4.79 Å². The van der Waals surface area contributed by atoms with Crippen LogP contribution in [0.1, 0.15) is 38.5 Å². The molecule has 0 aromatic heterocycles. The molecule has 1 atom stereocenters. The summed E-state index contributed by atoms with van der Waals surface area (Å²) in [5.41, 5.74) is 0. The number of nitrogens with zero attached hydrogens (tertiary/aromatic N) is 2. The van der Waals surface area contributed by atoms with Crippen LogP contribution in [0.3, 0.4) is 0 Å². The fourth-order valence-corrected chi connectivity index (χ4v) is 3.33. The smallest absolute Gasteiger partial charge is 0.317 e. The quantitative estimate of drug-likeness (QED) is 0.715. The topological polar surface area (TPSA) is 102 Å². The number of hydrogen-bond donors (Lipinski definition) is 3. The third-order valence-electron chi connectivity index (χ3n) is 4.85. The molecule has 1 aliphatic carbocycles. The highest BCUT2D eigenvalue weighted by Crippen LogP contribution is 2.24. The van der Waals surface area contributed by atoms with Crippen LogP contribution in [0.25, 0.3) is 0 Å². The molecule has 1 saturated carbocycles. The molecule has 4 amide bonds. The molecule has 8 heteroatoms. The molecule has 0 radical (unpaired) electrons. The number of carbonyl (C=O) groups excluding carboxylic acids is 2. The second-order valence-electron chi connectivity index (χ2n) is 6.97. The van der Waals surface area contributed by atoms with Gasteiger partial charge < -0.3 is 25.5 Å². The van der Waals surface area contributed by atoms with Gasteiger partial charge in [0.25, 0.3) is 0 Å². The van der Waals surface area contributed by atoms with Gasteiger partial charge in [0.15, 0.2) is 0 Å². The van der Waals surface area contributed by atoms with E-state index in [-0.39, 0.29) is 30.1 Å². The lowest BCUT2D eigenvalue weighted by Crippen LogP contribution is -2.55. The summed E-state index contributed by atoms with van der Waals surface area (Å²) in [6.45, 7) is 1.19. The molecule has 0 aromatic carbocycles. The average molecular weight is 340 g/mol. The molecule has 2 aliphatic rings. The molecule has 0 bridgehead atoms. The van der Waals surface area contributed by atoms with Crippen LogP contribution in [-0.4, -0.2) is 72.2 Å². The fourth-order valence-electron chi connectivity index (χ4n) is 3.33. The number of amides is 4. The lowest BCUT2D eigenvalue weighted by Gasteiger charge is -2.35. The Morgan fingerprint density at radius 1 is 1.00 bits per heavy atom. The van der Waals surface area contributed by atoms with Gasteiger partial charge in [0.1, 0.15) is 0 Å². The van der Waals surface area contributed by atoms with Crippen LogP contribution in [0.4, 0.5) is 9.59 Å². The Bertz CT molecular complexity index is 475. The number of urea groups is 2. The Morgan fingerprint density at radius 2 is 1.67 bits per heavy atom. The van der Waals surface area contributed by atoms with Crippen LogP contribution in [0.5, 0.6) is 0 Å². The van der Waals surface area contributed by atoms with E-state index in [0.717, 1.165) is 12.8 Å². The fraction of sp³-hybridized carbons (Fsp3) is 0.812. The Morgan fingerprint density at radius 3 is 2.25 bits per heavy atom. The highest BCUT2D eigenvalue weighted by Gasteiger charge is 2.29. The van der Waals surface area contributed by atoms with Crippen molar-refractivity contribution in [2.24, 2.45) is 5.92 Å². The van der Waals surface area contributed by atoms with Gasteiger partial charge in [-0.05, 0) is 38.5 Å². The van der Waals surface area contributed by atoms with E-state index in [1.165, 1.54) is 4.90 Å². The summed E-state index contributed by atoms with van der Waals surface area (Å²) < 4.78 is 0. The van der Waals surface area contributed by atoms with Gasteiger partial charge in [0, 0.05) is 39.3 Å². The number of rotatable bonds is 3.